The lowest BCUT2D eigenvalue weighted by molar-refractivity contribution is 0.0949. The van der Waals surface area contributed by atoms with E-state index in [-0.39, 0.29) is 5.91 Å². The SMILES string of the molecule is CCc1nnc(C)cc1C(=O)NCc1cn[nH]c1. The minimum absolute atomic E-state index is 0.133. The Kier molecular flexibility index (Phi) is 3.66. The maximum Gasteiger partial charge on any atom is 0.253 e. The molecule has 0 unspecified atom stereocenters. The van der Waals surface area contributed by atoms with Crippen LogP contribution in [0.25, 0.3) is 0 Å². The van der Waals surface area contributed by atoms with Gasteiger partial charge in [0.1, 0.15) is 0 Å². The third-order valence-electron chi connectivity index (χ3n) is 2.58. The van der Waals surface area contributed by atoms with Crippen molar-refractivity contribution in [3.63, 3.8) is 0 Å². The Morgan fingerprint density at radius 2 is 2.28 bits per heavy atom. The zero-order chi connectivity index (χ0) is 13.0. The number of H-pyrrole nitrogens is 1. The molecule has 0 spiro atoms. The second kappa shape index (κ2) is 5.39. The highest BCUT2D eigenvalue weighted by atomic mass is 16.1. The van der Waals surface area contributed by atoms with Gasteiger partial charge in [-0.2, -0.15) is 15.3 Å². The van der Waals surface area contributed by atoms with E-state index in [1.54, 1.807) is 18.5 Å². The number of carbonyl (C=O) groups excluding carboxylic acids is 1. The van der Waals surface area contributed by atoms with Crippen LogP contribution in [0.3, 0.4) is 0 Å². The zero-order valence-electron chi connectivity index (χ0n) is 10.4. The van der Waals surface area contributed by atoms with Crippen LogP contribution in [-0.2, 0) is 13.0 Å². The molecule has 0 saturated heterocycles. The van der Waals surface area contributed by atoms with E-state index >= 15 is 0 Å². The molecular formula is C12H15N5O. The Balaban J connectivity index is 2.10. The molecule has 0 radical (unpaired) electrons. The number of carbonyl (C=O) groups is 1. The molecule has 0 saturated carbocycles. The second-order valence-corrected chi connectivity index (χ2v) is 3.99. The number of nitrogens with zero attached hydrogens (tertiary/aromatic N) is 3. The van der Waals surface area contributed by atoms with E-state index in [4.69, 9.17) is 0 Å². The highest BCUT2D eigenvalue weighted by molar-refractivity contribution is 5.95. The van der Waals surface area contributed by atoms with Crippen molar-refractivity contribution in [1.29, 1.82) is 0 Å². The number of aromatic amines is 1. The molecule has 94 valence electrons. The Hall–Kier alpha value is -2.24. The summed E-state index contributed by atoms with van der Waals surface area (Å²) in [5.74, 6) is -0.133. The summed E-state index contributed by atoms with van der Waals surface area (Å²) in [5.41, 5.74) is 2.97. The normalized spacial score (nSPS) is 10.3. The van der Waals surface area contributed by atoms with Crippen LogP contribution in [0.2, 0.25) is 0 Å². The van der Waals surface area contributed by atoms with E-state index in [0.717, 1.165) is 11.3 Å². The van der Waals surface area contributed by atoms with Crippen LogP contribution >= 0.6 is 0 Å². The number of rotatable bonds is 4. The topological polar surface area (TPSA) is 83.6 Å². The minimum atomic E-state index is -0.133. The van der Waals surface area contributed by atoms with Gasteiger partial charge in [-0.15, -0.1) is 0 Å². The molecule has 2 heterocycles. The smallest absolute Gasteiger partial charge is 0.253 e. The highest BCUT2D eigenvalue weighted by Crippen LogP contribution is 2.07. The van der Waals surface area contributed by atoms with Crippen LogP contribution in [0.15, 0.2) is 18.5 Å². The monoisotopic (exact) mass is 245 g/mol. The van der Waals surface area contributed by atoms with E-state index < -0.39 is 0 Å². The van der Waals surface area contributed by atoms with Gasteiger partial charge in [0.15, 0.2) is 0 Å². The minimum Gasteiger partial charge on any atom is -0.348 e. The molecule has 6 nitrogen and oxygen atoms in total. The molecule has 0 aliphatic carbocycles. The fourth-order valence-electron chi connectivity index (χ4n) is 1.62. The molecule has 0 atom stereocenters. The van der Waals surface area contributed by atoms with Crippen LogP contribution in [0, 0.1) is 6.92 Å². The first kappa shape index (κ1) is 12.2. The fraction of sp³-hybridized carbons (Fsp3) is 0.333. The predicted octanol–water partition coefficient (Wildman–Crippen LogP) is 1.00. The lowest BCUT2D eigenvalue weighted by Gasteiger charge is -2.07. The first-order valence-corrected chi connectivity index (χ1v) is 5.79. The Morgan fingerprint density at radius 1 is 1.44 bits per heavy atom. The molecule has 0 fully saturated rings. The third-order valence-corrected chi connectivity index (χ3v) is 2.58. The van der Waals surface area contributed by atoms with E-state index in [1.165, 1.54) is 0 Å². The summed E-state index contributed by atoms with van der Waals surface area (Å²) in [6, 6.07) is 1.76. The van der Waals surface area contributed by atoms with Crippen LogP contribution < -0.4 is 5.32 Å². The maximum atomic E-state index is 12.1. The Labute approximate surface area is 105 Å². The first-order valence-electron chi connectivity index (χ1n) is 5.79. The van der Waals surface area contributed by atoms with Crippen molar-refractivity contribution in [2.75, 3.05) is 0 Å². The van der Waals surface area contributed by atoms with Crippen molar-refractivity contribution < 1.29 is 4.79 Å². The molecule has 2 N–H and O–H groups in total. The molecule has 0 aromatic carbocycles. The van der Waals surface area contributed by atoms with Crippen molar-refractivity contribution in [3.05, 3.63) is 41.0 Å². The van der Waals surface area contributed by atoms with Gasteiger partial charge in [-0.05, 0) is 19.4 Å². The molecule has 2 aromatic heterocycles. The fourth-order valence-corrected chi connectivity index (χ4v) is 1.62. The van der Waals surface area contributed by atoms with Crippen molar-refractivity contribution in [3.8, 4) is 0 Å². The van der Waals surface area contributed by atoms with Gasteiger partial charge in [-0.25, -0.2) is 0 Å². The second-order valence-electron chi connectivity index (χ2n) is 3.99. The largest absolute Gasteiger partial charge is 0.348 e. The molecule has 0 aliphatic heterocycles. The van der Waals surface area contributed by atoms with E-state index in [2.05, 4.69) is 25.7 Å². The Morgan fingerprint density at radius 3 is 2.94 bits per heavy atom. The molecule has 1 amide bonds. The first-order chi connectivity index (χ1) is 8.70. The summed E-state index contributed by atoms with van der Waals surface area (Å²) in [6.07, 6.45) is 4.11. The van der Waals surface area contributed by atoms with Crippen molar-refractivity contribution in [2.45, 2.75) is 26.8 Å². The van der Waals surface area contributed by atoms with E-state index in [1.807, 2.05) is 13.8 Å². The molecule has 2 rings (SSSR count). The van der Waals surface area contributed by atoms with Gasteiger partial charge in [-0.3, -0.25) is 9.89 Å². The summed E-state index contributed by atoms with van der Waals surface area (Å²) >= 11 is 0. The number of hydrogen-bond acceptors (Lipinski definition) is 4. The molecule has 0 bridgehead atoms. The van der Waals surface area contributed by atoms with Crippen molar-refractivity contribution in [1.82, 2.24) is 25.7 Å². The lowest BCUT2D eigenvalue weighted by atomic mass is 10.1. The number of hydrogen-bond donors (Lipinski definition) is 2. The van der Waals surface area contributed by atoms with Crippen LogP contribution in [0.1, 0.15) is 34.2 Å². The van der Waals surface area contributed by atoms with E-state index in [0.29, 0.717) is 24.2 Å². The van der Waals surface area contributed by atoms with Crippen molar-refractivity contribution >= 4 is 5.91 Å². The number of nitrogens with one attached hydrogen (secondary N) is 2. The highest BCUT2D eigenvalue weighted by Gasteiger charge is 2.12. The van der Waals surface area contributed by atoms with Gasteiger partial charge in [0.05, 0.1) is 23.1 Å². The van der Waals surface area contributed by atoms with Crippen molar-refractivity contribution in [2.24, 2.45) is 0 Å². The molecule has 6 heteroatoms. The molecule has 0 aliphatic rings. The van der Waals surface area contributed by atoms with E-state index in [9.17, 15) is 4.79 Å². The number of aromatic nitrogens is 4. The third kappa shape index (κ3) is 2.71. The Bertz CT molecular complexity index is 535. The predicted molar refractivity (Wildman–Crippen MR) is 65.9 cm³/mol. The maximum absolute atomic E-state index is 12.1. The molecule has 18 heavy (non-hydrogen) atoms. The van der Waals surface area contributed by atoms with Gasteiger partial charge in [0, 0.05) is 18.3 Å². The van der Waals surface area contributed by atoms with Gasteiger partial charge < -0.3 is 5.32 Å². The van der Waals surface area contributed by atoms with Crippen LogP contribution in [0.5, 0.6) is 0 Å². The quantitative estimate of drug-likeness (QED) is 0.841. The van der Waals surface area contributed by atoms with Crippen LogP contribution in [0.4, 0.5) is 0 Å². The van der Waals surface area contributed by atoms with Gasteiger partial charge >= 0.3 is 0 Å². The average molecular weight is 245 g/mol. The summed E-state index contributed by atoms with van der Waals surface area (Å²) < 4.78 is 0. The van der Waals surface area contributed by atoms with Gasteiger partial charge in [0.2, 0.25) is 0 Å². The van der Waals surface area contributed by atoms with Gasteiger partial charge in [-0.1, -0.05) is 6.92 Å². The van der Waals surface area contributed by atoms with Gasteiger partial charge in [0.25, 0.3) is 5.91 Å². The molecular weight excluding hydrogens is 230 g/mol. The zero-order valence-corrected chi connectivity index (χ0v) is 10.4. The lowest BCUT2D eigenvalue weighted by Crippen LogP contribution is -2.24. The number of aryl methyl sites for hydroxylation is 2. The summed E-state index contributed by atoms with van der Waals surface area (Å²) in [5, 5.41) is 17.4. The summed E-state index contributed by atoms with van der Waals surface area (Å²) in [4.78, 5) is 12.1. The van der Waals surface area contributed by atoms with Crippen LogP contribution in [-0.4, -0.2) is 26.3 Å². The average Bonchev–Trinajstić information content (AvgIpc) is 2.89. The number of amides is 1. The molecule has 2 aromatic rings. The summed E-state index contributed by atoms with van der Waals surface area (Å²) in [6.45, 7) is 4.21. The standard InChI is InChI=1S/C12H15N5O/c1-3-11-10(4-8(2)16-17-11)12(18)13-5-9-6-14-15-7-9/h4,6-7H,3,5H2,1-2H3,(H,13,18)(H,14,15). The summed E-state index contributed by atoms with van der Waals surface area (Å²) in [7, 11) is 0.